The van der Waals surface area contributed by atoms with Crippen molar-refractivity contribution in [3.63, 3.8) is 0 Å². The molecule has 14 rings (SSSR count). The molecule has 4 aromatic heterocycles. The average molecular weight is 821 g/mol. The SMILES string of the molecule is c1ccc2cc3c(cc2c1)oc1cc(-n2c4ccccc4c4cc5ccccc5cc42)c(-c2nc(-c4ccc5c(c4)sc4ccccc45)nc(-c4cccc5ccccc45)n2)cc13. The van der Waals surface area contributed by atoms with Gasteiger partial charge < -0.3 is 8.98 Å². The van der Waals surface area contributed by atoms with Crippen molar-refractivity contribution < 1.29 is 4.42 Å². The van der Waals surface area contributed by atoms with Gasteiger partial charge >= 0.3 is 0 Å². The van der Waals surface area contributed by atoms with Gasteiger partial charge in [-0.15, -0.1) is 11.3 Å². The molecule has 10 aromatic carbocycles. The first-order chi connectivity index (χ1) is 31.2. The van der Waals surface area contributed by atoms with Crippen molar-refractivity contribution in [2.24, 2.45) is 0 Å². The van der Waals surface area contributed by atoms with E-state index in [9.17, 15) is 0 Å². The van der Waals surface area contributed by atoms with Crippen LogP contribution in [0, 0.1) is 0 Å². The van der Waals surface area contributed by atoms with Crippen molar-refractivity contribution in [2.75, 3.05) is 0 Å². The van der Waals surface area contributed by atoms with E-state index >= 15 is 0 Å². The van der Waals surface area contributed by atoms with Crippen LogP contribution in [0.15, 0.2) is 199 Å². The molecule has 292 valence electrons. The summed E-state index contributed by atoms with van der Waals surface area (Å²) >= 11 is 1.80. The van der Waals surface area contributed by atoms with Crippen LogP contribution in [0.25, 0.3) is 136 Å². The molecule has 0 spiro atoms. The van der Waals surface area contributed by atoms with Crippen LogP contribution in [-0.2, 0) is 0 Å². The zero-order valence-electron chi connectivity index (χ0n) is 33.6. The van der Waals surface area contributed by atoms with Crippen molar-refractivity contribution in [2.45, 2.75) is 0 Å². The third-order valence-electron chi connectivity index (χ3n) is 12.8. The molecular weight excluding hydrogens is 789 g/mol. The van der Waals surface area contributed by atoms with E-state index in [4.69, 9.17) is 19.4 Å². The minimum atomic E-state index is 0.582. The van der Waals surface area contributed by atoms with E-state index in [1.807, 2.05) is 0 Å². The summed E-state index contributed by atoms with van der Waals surface area (Å²) in [6.45, 7) is 0. The molecule has 6 heteroatoms. The summed E-state index contributed by atoms with van der Waals surface area (Å²) in [5, 5.41) is 13.8. The van der Waals surface area contributed by atoms with Crippen molar-refractivity contribution >= 4 is 108 Å². The summed E-state index contributed by atoms with van der Waals surface area (Å²) in [7, 11) is 0. The molecule has 0 fully saturated rings. The maximum atomic E-state index is 6.82. The van der Waals surface area contributed by atoms with Gasteiger partial charge in [-0.05, 0) is 80.8 Å². The Bertz CT molecular complexity index is 4230. The number of fused-ring (bicyclic) bond motifs is 12. The number of rotatable bonds is 4. The second kappa shape index (κ2) is 13.2. The molecule has 0 aliphatic carbocycles. The molecule has 0 atom stereocenters. The second-order valence-electron chi connectivity index (χ2n) is 16.4. The normalized spacial score (nSPS) is 12.1. The molecular formula is C57H32N4OS. The molecule has 0 radical (unpaired) electrons. The number of para-hydroxylation sites is 1. The molecule has 0 amide bonds. The first-order valence-corrected chi connectivity index (χ1v) is 22.0. The highest BCUT2D eigenvalue weighted by molar-refractivity contribution is 7.25. The molecule has 0 bridgehead atoms. The Balaban J connectivity index is 1.11. The van der Waals surface area contributed by atoms with Gasteiger partial charge in [-0.2, -0.15) is 0 Å². The van der Waals surface area contributed by atoms with Gasteiger partial charge in [0.1, 0.15) is 11.2 Å². The average Bonchev–Trinajstić information content (AvgIpc) is 3.99. The fraction of sp³-hybridized carbons (Fsp3) is 0. The van der Waals surface area contributed by atoms with Gasteiger partial charge in [0.2, 0.25) is 0 Å². The fourth-order valence-electron chi connectivity index (χ4n) is 9.81. The Hall–Kier alpha value is -8.19. The predicted octanol–water partition coefficient (Wildman–Crippen LogP) is 15.7. The van der Waals surface area contributed by atoms with Crippen LogP contribution in [-0.4, -0.2) is 19.5 Å². The molecule has 0 saturated carbocycles. The Morgan fingerprint density at radius 1 is 0.349 bits per heavy atom. The molecule has 5 nitrogen and oxygen atoms in total. The van der Waals surface area contributed by atoms with Crippen LogP contribution in [0.1, 0.15) is 0 Å². The summed E-state index contributed by atoms with van der Waals surface area (Å²) in [4.78, 5) is 16.3. The summed E-state index contributed by atoms with van der Waals surface area (Å²) in [5.41, 5.74) is 7.50. The number of furan rings is 1. The van der Waals surface area contributed by atoms with Gasteiger partial charge in [-0.3, -0.25) is 0 Å². The van der Waals surface area contributed by atoms with Crippen molar-refractivity contribution in [3.05, 3.63) is 194 Å². The van der Waals surface area contributed by atoms with E-state index in [0.717, 1.165) is 76.9 Å². The molecule has 4 heterocycles. The minimum absolute atomic E-state index is 0.582. The smallest absolute Gasteiger partial charge is 0.166 e. The lowest BCUT2D eigenvalue weighted by atomic mass is 10.0. The van der Waals surface area contributed by atoms with Gasteiger partial charge in [0.15, 0.2) is 17.5 Å². The molecule has 63 heavy (non-hydrogen) atoms. The first kappa shape index (κ1) is 34.5. The highest BCUT2D eigenvalue weighted by Crippen LogP contribution is 2.43. The number of thiophene rings is 1. The lowest BCUT2D eigenvalue weighted by molar-refractivity contribution is 0.669. The van der Waals surface area contributed by atoms with E-state index in [1.165, 1.54) is 41.7 Å². The lowest BCUT2D eigenvalue weighted by Gasteiger charge is -2.15. The van der Waals surface area contributed by atoms with Crippen LogP contribution in [0.4, 0.5) is 0 Å². The zero-order valence-corrected chi connectivity index (χ0v) is 34.4. The highest BCUT2D eigenvalue weighted by Gasteiger charge is 2.23. The quantitative estimate of drug-likeness (QED) is 0.177. The van der Waals surface area contributed by atoms with E-state index in [-0.39, 0.29) is 0 Å². The number of nitrogens with zero attached hydrogens (tertiary/aromatic N) is 4. The van der Waals surface area contributed by atoms with E-state index in [0.29, 0.717) is 17.5 Å². The Labute approximate surface area is 363 Å². The number of aromatic nitrogens is 4. The predicted molar refractivity (Wildman–Crippen MR) is 263 cm³/mol. The molecule has 0 saturated heterocycles. The summed E-state index contributed by atoms with van der Waals surface area (Å²) in [5.74, 6) is 1.81. The van der Waals surface area contributed by atoms with E-state index in [1.54, 1.807) is 11.3 Å². The number of hydrogen-bond donors (Lipinski definition) is 0. The van der Waals surface area contributed by atoms with Gasteiger partial charge in [-0.1, -0.05) is 140 Å². The Morgan fingerprint density at radius 2 is 0.937 bits per heavy atom. The number of hydrogen-bond acceptors (Lipinski definition) is 5. The summed E-state index contributed by atoms with van der Waals surface area (Å²) in [6.07, 6.45) is 0. The van der Waals surface area contributed by atoms with Crippen LogP contribution in [0.2, 0.25) is 0 Å². The van der Waals surface area contributed by atoms with Crippen molar-refractivity contribution in [1.82, 2.24) is 19.5 Å². The monoisotopic (exact) mass is 820 g/mol. The Kier molecular flexibility index (Phi) is 7.21. The van der Waals surface area contributed by atoms with Gasteiger partial charge in [0.05, 0.1) is 16.7 Å². The minimum Gasteiger partial charge on any atom is -0.456 e. The molecule has 0 unspecified atom stereocenters. The maximum Gasteiger partial charge on any atom is 0.166 e. The summed E-state index contributed by atoms with van der Waals surface area (Å²) < 4.78 is 11.6. The Morgan fingerprint density at radius 3 is 1.76 bits per heavy atom. The largest absolute Gasteiger partial charge is 0.456 e. The molecule has 0 aliphatic heterocycles. The molecule has 0 N–H and O–H groups in total. The fourth-order valence-corrected chi connectivity index (χ4v) is 11.0. The standard InChI is InChI=1S/C57H32N4OS/c1-3-15-36-28-49-44(26-34(36)13-1)40-19-7-9-22-48(40)61(49)50-32-52-46(45-27-35-14-2-4-16-37(35)29-51(45)62-52)31-47(50)57-59-55(38-24-25-42-41-20-8-10-23-53(41)63-54(42)30-38)58-56(60-57)43-21-11-17-33-12-5-6-18-39(33)43/h1-32H. The highest BCUT2D eigenvalue weighted by atomic mass is 32.1. The first-order valence-electron chi connectivity index (χ1n) is 21.2. The van der Waals surface area contributed by atoms with Crippen molar-refractivity contribution in [3.8, 4) is 39.9 Å². The molecule has 0 aliphatic rings. The van der Waals surface area contributed by atoms with Crippen LogP contribution in [0.5, 0.6) is 0 Å². The third-order valence-corrected chi connectivity index (χ3v) is 13.9. The second-order valence-corrected chi connectivity index (χ2v) is 17.5. The van der Waals surface area contributed by atoms with Crippen LogP contribution >= 0.6 is 11.3 Å². The van der Waals surface area contributed by atoms with Crippen LogP contribution in [0.3, 0.4) is 0 Å². The van der Waals surface area contributed by atoms with E-state index in [2.05, 4.69) is 199 Å². The molecule has 14 aromatic rings. The zero-order chi connectivity index (χ0) is 41.2. The lowest BCUT2D eigenvalue weighted by Crippen LogP contribution is -2.04. The van der Waals surface area contributed by atoms with Crippen LogP contribution < -0.4 is 0 Å². The van der Waals surface area contributed by atoms with Crippen molar-refractivity contribution in [1.29, 1.82) is 0 Å². The third kappa shape index (κ3) is 5.25. The topological polar surface area (TPSA) is 56.7 Å². The maximum absolute atomic E-state index is 6.82. The number of benzene rings is 10. The summed E-state index contributed by atoms with van der Waals surface area (Å²) in [6, 6.07) is 69.2. The van der Waals surface area contributed by atoms with Gasteiger partial charge in [0, 0.05) is 64.5 Å². The van der Waals surface area contributed by atoms with E-state index < -0.39 is 0 Å². The van der Waals surface area contributed by atoms with Gasteiger partial charge in [0.25, 0.3) is 0 Å². The van der Waals surface area contributed by atoms with Gasteiger partial charge in [-0.25, -0.2) is 15.0 Å².